The molecule has 2 fully saturated rings. The molecule has 0 bridgehead atoms. The third-order valence-corrected chi connectivity index (χ3v) is 9.45. The number of carbonyl (C=O) groups is 1. The van der Waals surface area contributed by atoms with Gasteiger partial charge in [0.05, 0.1) is 56.4 Å². The summed E-state index contributed by atoms with van der Waals surface area (Å²) < 4.78 is 52.6. The van der Waals surface area contributed by atoms with E-state index in [0.717, 1.165) is 12.1 Å². The van der Waals surface area contributed by atoms with E-state index in [4.69, 9.17) is 18.9 Å². The second kappa shape index (κ2) is 14.1. The summed E-state index contributed by atoms with van der Waals surface area (Å²) in [5.41, 5.74) is 0.516. The summed E-state index contributed by atoms with van der Waals surface area (Å²) in [6.07, 6.45) is -1.17. The fourth-order valence-corrected chi connectivity index (χ4v) is 7.06. The number of carbonyl (C=O) groups excluding carboxylic acids is 1. The lowest BCUT2D eigenvalue weighted by atomic mass is 9.97. The third kappa shape index (κ3) is 6.62. The molecule has 0 aliphatic carbocycles. The summed E-state index contributed by atoms with van der Waals surface area (Å²) in [4.78, 5) is 16.2. The molecule has 0 radical (unpaired) electrons. The van der Waals surface area contributed by atoms with E-state index in [2.05, 4.69) is 25.6 Å². The third-order valence-electron chi connectivity index (χ3n) is 8.04. The van der Waals surface area contributed by atoms with Crippen molar-refractivity contribution in [2.24, 2.45) is 0 Å². The highest BCUT2D eigenvalue weighted by molar-refractivity contribution is 8.00. The van der Waals surface area contributed by atoms with Crippen molar-refractivity contribution in [2.75, 3.05) is 34.0 Å². The first-order valence-electron chi connectivity index (χ1n) is 14.5. The van der Waals surface area contributed by atoms with Gasteiger partial charge in [-0.05, 0) is 30.3 Å². The Balaban J connectivity index is 1.21. The van der Waals surface area contributed by atoms with E-state index in [0.29, 0.717) is 11.4 Å². The maximum absolute atomic E-state index is 13.9. The van der Waals surface area contributed by atoms with Crippen LogP contribution in [0.3, 0.4) is 0 Å². The number of hydrogen-bond donors (Lipinski definition) is 3. The van der Waals surface area contributed by atoms with Crippen LogP contribution >= 0.6 is 11.8 Å². The minimum atomic E-state index is -1.29. The number of aromatic nitrogens is 7. The molecular weight excluding hydrogens is 644 g/mol. The molecule has 4 aromatic rings. The lowest BCUT2D eigenvalue weighted by Crippen LogP contribution is -2.56. The van der Waals surface area contributed by atoms with E-state index < -0.39 is 71.4 Å². The molecule has 6 rings (SSSR count). The minimum absolute atomic E-state index is 0.105. The van der Waals surface area contributed by atoms with E-state index in [1.165, 1.54) is 53.7 Å². The number of nitrogens with zero attached hydrogens (tertiary/aromatic N) is 7. The number of esters is 1. The summed E-state index contributed by atoms with van der Waals surface area (Å²) in [5.74, 6) is -2.65. The van der Waals surface area contributed by atoms with Gasteiger partial charge in [-0.2, -0.15) is 0 Å². The molecule has 3 aromatic heterocycles. The molecule has 0 saturated carbocycles. The molecule has 15 nitrogen and oxygen atoms in total. The van der Waals surface area contributed by atoms with E-state index in [1.54, 1.807) is 18.3 Å². The summed E-state index contributed by atoms with van der Waals surface area (Å²) in [5, 5.41) is 48.7. The summed E-state index contributed by atoms with van der Waals surface area (Å²) in [6.45, 7) is -0.263. The molecule has 2 saturated heterocycles. The molecule has 18 heteroatoms. The zero-order valence-corrected chi connectivity index (χ0v) is 25.9. The summed E-state index contributed by atoms with van der Waals surface area (Å²) in [6, 6.07) is 6.56. The van der Waals surface area contributed by atoms with Crippen molar-refractivity contribution in [2.45, 2.75) is 47.2 Å². The summed E-state index contributed by atoms with van der Waals surface area (Å²) >= 11 is 1.20. The molecule has 2 aliphatic heterocycles. The van der Waals surface area contributed by atoms with Crippen molar-refractivity contribution in [1.29, 1.82) is 0 Å². The van der Waals surface area contributed by atoms with E-state index >= 15 is 0 Å². The number of ether oxygens (including phenoxy) is 4. The van der Waals surface area contributed by atoms with Gasteiger partial charge in [0.2, 0.25) is 0 Å². The Bertz CT molecular complexity index is 1710. The Morgan fingerprint density at radius 1 is 1.00 bits per heavy atom. The number of rotatable bonds is 9. The van der Waals surface area contributed by atoms with Crippen LogP contribution in [0.25, 0.3) is 22.6 Å². The van der Waals surface area contributed by atoms with Crippen LogP contribution in [0.2, 0.25) is 0 Å². The highest BCUT2D eigenvalue weighted by atomic mass is 32.2. The van der Waals surface area contributed by atoms with Crippen molar-refractivity contribution in [3.8, 4) is 22.6 Å². The standard InChI is InChI=1S/C29H31F2N7O8S/c1-43-27-24(38-9-19(33-36-38)14-6-7-15(30)16(31)8-14)26(41)22(11-39)46-29(27)47-23-13-45-12-21(25(23)40)37-10-20(34-35-37)17-4-3-5-18(32-17)28(42)44-2/h3-10,21-27,29,39-41H,11-13H2,1-2H3/t21-,22+,23+,24-,25+,26-,27+,29-/m0/s1. The van der Waals surface area contributed by atoms with Crippen molar-refractivity contribution in [1.82, 2.24) is 35.0 Å². The Morgan fingerprint density at radius 3 is 2.51 bits per heavy atom. The quantitative estimate of drug-likeness (QED) is 0.213. The molecule has 3 N–H and O–H groups in total. The van der Waals surface area contributed by atoms with Gasteiger partial charge >= 0.3 is 5.97 Å². The normalized spacial score (nSPS) is 27.9. The number of pyridine rings is 1. The van der Waals surface area contributed by atoms with Crippen molar-refractivity contribution < 1.29 is 47.8 Å². The van der Waals surface area contributed by atoms with E-state index in [1.807, 2.05) is 0 Å². The van der Waals surface area contributed by atoms with Crippen LogP contribution in [0.5, 0.6) is 0 Å². The largest absolute Gasteiger partial charge is 0.464 e. The average molecular weight is 676 g/mol. The van der Waals surface area contributed by atoms with Crippen molar-refractivity contribution in [3.63, 3.8) is 0 Å². The van der Waals surface area contributed by atoms with Crippen molar-refractivity contribution >= 4 is 17.7 Å². The zero-order chi connectivity index (χ0) is 33.2. The first kappa shape index (κ1) is 33.0. The summed E-state index contributed by atoms with van der Waals surface area (Å²) in [7, 11) is 2.68. The van der Waals surface area contributed by atoms with Gasteiger partial charge in [0.1, 0.15) is 52.9 Å². The highest BCUT2D eigenvalue weighted by Crippen LogP contribution is 2.41. The van der Waals surface area contributed by atoms with Crippen LogP contribution in [-0.4, -0.2) is 125 Å². The minimum Gasteiger partial charge on any atom is -0.464 e. The molecule has 0 unspecified atom stereocenters. The predicted octanol–water partition coefficient (Wildman–Crippen LogP) is 1.03. The number of aliphatic hydroxyl groups is 3. The number of halogens is 2. The molecule has 8 atom stereocenters. The first-order chi connectivity index (χ1) is 22.7. The van der Waals surface area contributed by atoms with E-state index in [-0.39, 0.29) is 30.2 Å². The van der Waals surface area contributed by atoms with Crippen LogP contribution in [0.15, 0.2) is 48.8 Å². The molecular formula is C29H31F2N7O8S. The van der Waals surface area contributed by atoms with Gasteiger partial charge in [0, 0.05) is 12.7 Å². The maximum Gasteiger partial charge on any atom is 0.356 e. The van der Waals surface area contributed by atoms with Gasteiger partial charge in [-0.15, -0.1) is 22.0 Å². The molecule has 1 aromatic carbocycles. The molecule has 2 aliphatic rings. The Hall–Kier alpha value is -3.91. The first-order valence-corrected chi connectivity index (χ1v) is 15.4. The Labute approximate surface area is 270 Å². The van der Waals surface area contributed by atoms with Crippen LogP contribution in [0.4, 0.5) is 8.78 Å². The second-order valence-corrected chi connectivity index (χ2v) is 12.2. The molecule has 47 heavy (non-hydrogen) atoms. The smallest absolute Gasteiger partial charge is 0.356 e. The number of benzene rings is 1. The lowest BCUT2D eigenvalue weighted by molar-refractivity contribution is -0.186. The fourth-order valence-electron chi connectivity index (χ4n) is 5.56. The van der Waals surface area contributed by atoms with Gasteiger partial charge in [-0.25, -0.2) is 27.9 Å². The Morgan fingerprint density at radius 2 is 1.77 bits per heavy atom. The second-order valence-electron chi connectivity index (χ2n) is 10.9. The number of aliphatic hydroxyl groups excluding tert-OH is 3. The molecule has 0 spiro atoms. The van der Waals surface area contributed by atoms with Gasteiger partial charge in [0.15, 0.2) is 11.6 Å². The predicted molar refractivity (Wildman–Crippen MR) is 159 cm³/mol. The van der Waals surface area contributed by atoms with Gasteiger partial charge in [0.25, 0.3) is 0 Å². The van der Waals surface area contributed by atoms with Crippen LogP contribution in [0, 0.1) is 11.6 Å². The van der Waals surface area contributed by atoms with Crippen LogP contribution < -0.4 is 0 Å². The lowest BCUT2D eigenvalue weighted by Gasteiger charge is -2.45. The number of methoxy groups -OCH3 is 2. The Kier molecular flexibility index (Phi) is 9.88. The van der Waals surface area contributed by atoms with Crippen molar-refractivity contribution in [3.05, 3.63) is 66.1 Å². The average Bonchev–Trinajstić information content (AvgIpc) is 3.78. The number of hydrogen-bond acceptors (Lipinski definition) is 14. The SMILES string of the molecule is COC(=O)c1cccc(-c2cn([C@H]3COC[C@@H](S[C@@H]4O[C@H](CO)[C@H](O)[C@H](n5cc(-c6ccc(F)c(F)c6)nn5)[C@H]4OC)[C@@H]3O)nn2)n1. The highest BCUT2D eigenvalue weighted by Gasteiger charge is 2.49. The van der Waals surface area contributed by atoms with Crippen LogP contribution in [-0.2, 0) is 18.9 Å². The topological polar surface area (TPSA) is 189 Å². The molecule has 0 amide bonds. The van der Waals surface area contributed by atoms with Gasteiger partial charge in [-0.3, -0.25) is 0 Å². The monoisotopic (exact) mass is 675 g/mol. The number of thioether (sulfide) groups is 1. The molecule has 5 heterocycles. The fraction of sp³-hybridized carbons (Fsp3) is 0.448. The maximum atomic E-state index is 13.9. The zero-order valence-electron chi connectivity index (χ0n) is 25.0. The van der Waals surface area contributed by atoms with Crippen LogP contribution in [0.1, 0.15) is 22.6 Å². The molecule has 250 valence electrons. The van der Waals surface area contributed by atoms with Gasteiger partial charge < -0.3 is 34.3 Å². The van der Waals surface area contributed by atoms with Gasteiger partial charge in [-0.1, -0.05) is 16.5 Å². The van der Waals surface area contributed by atoms with E-state index in [9.17, 15) is 28.9 Å².